The lowest BCUT2D eigenvalue weighted by molar-refractivity contribution is -0.138. The van der Waals surface area contributed by atoms with E-state index >= 15 is 0 Å². The normalized spacial score (nSPS) is 12.6. The van der Waals surface area contributed by atoms with Crippen molar-refractivity contribution in [1.29, 1.82) is 0 Å². The summed E-state index contributed by atoms with van der Waals surface area (Å²) in [5.41, 5.74) is 0.155. The maximum atomic E-state index is 12.1. The quantitative estimate of drug-likeness (QED) is 0.568. The van der Waals surface area contributed by atoms with Crippen molar-refractivity contribution in [3.8, 4) is 0 Å². The molecule has 1 rings (SSSR count). The minimum Gasteiger partial charge on any atom is -0.480 e. The number of hydrogen-bond acceptors (Lipinski definition) is 5. The van der Waals surface area contributed by atoms with Gasteiger partial charge in [-0.25, -0.2) is 8.42 Å². The van der Waals surface area contributed by atoms with E-state index in [2.05, 4.69) is 5.32 Å². The van der Waals surface area contributed by atoms with Crippen LogP contribution in [-0.2, 0) is 19.6 Å². The minimum atomic E-state index is -4.02. The van der Waals surface area contributed by atoms with Gasteiger partial charge in [0.2, 0.25) is 10.0 Å². The first-order chi connectivity index (χ1) is 10.3. The Bertz CT molecular complexity index is 644. The molecule has 8 nitrogen and oxygen atoms in total. The van der Waals surface area contributed by atoms with E-state index in [-0.39, 0.29) is 10.5 Å². The molecule has 0 bridgehead atoms. The molecule has 0 unspecified atom stereocenters. The fourth-order valence-electron chi connectivity index (χ4n) is 1.52. The van der Waals surface area contributed by atoms with Gasteiger partial charge >= 0.3 is 5.97 Å². The Morgan fingerprint density at radius 2 is 2.05 bits per heavy atom. The monoisotopic (exact) mass is 330 g/mol. The Balaban J connectivity index is 2.91. The SMILES string of the molecule is COCCNC(=O)c1cccc(S(=O)(=O)N[C@@H](C)C(=O)O)c1. The van der Waals surface area contributed by atoms with E-state index < -0.39 is 27.9 Å². The molecule has 1 aromatic rings. The van der Waals surface area contributed by atoms with Crippen molar-refractivity contribution in [2.45, 2.75) is 17.9 Å². The summed E-state index contributed by atoms with van der Waals surface area (Å²) in [7, 11) is -2.53. The van der Waals surface area contributed by atoms with Crippen molar-refractivity contribution in [2.24, 2.45) is 0 Å². The average molecular weight is 330 g/mol. The Morgan fingerprint density at radius 1 is 1.36 bits per heavy atom. The van der Waals surface area contributed by atoms with Crippen LogP contribution in [0, 0.1) is 0 Å². The number of methoxy groups -OCH3 is 1. The predicted octanol–water partition coefficient (Wildman–Crippen LogP) is -0.186. The van der Waals surface area contributed by atoms with Crippen molar-refractivity contribution >= 4 is 21.9 Å². The van der Waals surface area contributed by atoms with Crippen molar-refractivity contribution in [1.82, 2.24) is 10.0 Å². The number of aliphatic carboxylic acids is 1. The zero-order chi connectivity index (χ0) is 16.8. The second-order valence-corrected chi connectivity index (χ2v) is 6.17. The van der Waals surface area contributed by atoms with Crippen molar-refractivity contribution in [3.05, 3.63) is 29.8 Å². The number of ether oxygens (including phenoxy) is 1. The van der Waals surface area contributed by atoms with Crippen molar-refractivity contribution in [3.63, 3.8) is 0 Å². The van der Waals surface area contributed by atoms with E-state index in [0.717, 1.165) is 0 Å². The summed E-state index contributed by atoms with van der Waals surface area (Å²) >= 11 is 0. The molecule has 0 aliphatic carbocycles. The molecule has 0 aliphatic heterocycles. The molecular weight excluding hydrogens is 312 g/mol. The Hall–Kier alpha value is -1.97. The topological polar surface area (TPSA) is 122 Å². The molecular formula is C13H18N2O6S. The van der Waals surface area contributed by atoms with E-state index in [1.807, 2.05) is 4.72 Å². The van der Waals surface area contributed by atoms with E-state index in [0.29, 0.717) is 13.2 Å². The Kier molecular flexibility index (Phi) is 6.47. The molecule has 22 heavy (non-hydrogen) atoms. The number of amides is 1. The first-order valence-corrected chi connectivity index (χ1v) is 7.88. The molecule has 0 aliphatic rings. The molecule has 0 fully saturated rings. The molecule has 0 spiro atoms. The number of carboxylic acid groups (broad SMARTS) is 1. The maximum absolute atomic E-state index is 12.1. The van der Waals surface area contributed by atoms with E-state index in [9.17, 15) is 18.0 Å². The van der Waals surface area contributed by atoms with Gasteiger partial charge in [-0.3, -0.25) is 9.59 Å². The molecule has 0 saturated carbocycles. The van der Waals surface area contributed by atoms with Crippen LogP contribution < -0.4 is 10.0 Å². The largest absolute Gasteiger partial charge is 0.480 e. The van der Waals surface area contributed by atoms with E-state index in [1.54, 1.807) is 0 Å². The van der Waals surface area contributed by atoms with Crippen molar-refractivity contribution in [2.75, 3.05) is 20.3 Å². The van der Waals surface area contributed by atoms with Gasteiger partial charge in [-0.05, 0) is 25.1 Å². The van der Waals surface area contributed by atoms with Gasteiger partial charge in [0.15, 0.2) is 0 Å². The molecule has 0 aromatic heterocycles. The van der Waals surface area contributed by atoms with Gasteiger partial charge in [0.1, 0.15) is 6.04 Å². The van der Waals surface area contributed by atoms with Gasteiger partial charge < -0.3 is 15.2 Å². The van der Waals surface area contributed by atoms with Crippen LogP contribution in [0.4, 0.5) is 0 Å². The fraction of sp³-hybridized carbons (Fsp3) is 0.385. The lowest BCUT2D eigenvalue weighted by Gasteiger charge is -2.11. The van der Waals surface area contributed by atoms with Crippen LogP contribution in [0.2, 0.25) is 0 Å². The van der Waals surface area contributed by atoms with Gasteiger partial charge in [0, 0.05) is 19.2 Å². The van der Waals surface area contributed by atoms with Crippen LogP contribution in [0.1, 0.15) is 17.3 Å². The van der Waals surface area contributed by atoms with Crippen LogP contribution in [-0.4, -0.2) is 51.7 Å². The summed E-state index contributed by atoms with van der Waals surface area (Å²) in [5, 5.41) is 11.3. The Labute approximate surface area is 128 Å². The molecule has 9 heteroatoms. The lowest BCUT2D eigenvalue weighted by atomic mass is 10.2. The van der Waals surface area contributed by atoms with Crippen LogP contribution in [0.5, 0.6) is 0 Å². The molecule has 1 amide bonds. The zero-order valence-corrected chi connectivity index (χ0v) is 13.0. The third-order valence-electron chi connectivity index (χ3n) is 2.70. The third kappa shape index (κ3) is 5.10. The number of carbonyl (C=O) groups is 2. The molecule has 0 heterocycles. The smallest absolute Gasteiger partial charge is 0.321 e. The van der Waals surface area contributed by atoms with Crippen molar-refractivity contribution < 1.29 is 27.9 Å². The van der Waals surface area contributed by atoms with Crippen LogP contribution in [0.25, 0.3) is 0 Å². The summed E-state index contributed by atoms with van der Waals surface area (Å²) in [5.74, 6) is -1.74. The van der Waals surface area contributed by atoms with Gasteiger partial charge in [-0.2, -0.15) is 4.72 Å². The van der Waals surface area contributed by atoms with Gasteiger partial charge in [-0.1, -0.05) is 6.07 Å². The van der Waals surface area contributed by atoms with Crippen LogP contribution in [0.15, 0.2) is 29.2 Å². The van der Waals surface area contributed by atoms with Crippen LogP contribution in [0.3, 0.4) is 0 Å². The number of sulfonamides is 1. The van der Waals surface area contributed by atoms with Gasteiger partial charge in [-0.15, -0.1) is 0 Å². The summed E-state index contributed by atoms with van der Waals surface area (Å²) in [6.45, 7) is 1.84. The van der Waals surface area contributed by atoms with Crippen LogP contribution >= 0.6 is 0 Å². The number of nitrogens with one attached hydrogen (secondary N) is 2. The summed E-state index contributed by atoms with van der Waals surface area (Å²) < 4.78 is 30.9. The molecule has 1 atom stereocenters. The first kappa shape index (κ1) is 18.1. The summed E-state index contributed by atoms with van der Waals surface area (Å²) in [6, 6.07) is 4.05. The second kappa shape index (κ2) is 7.87. The molecule has 0 saturated heterocycles. The Morgan fingerprint density at radius 3 is 2.64 bits per heavy atom. The average Bonchev–Trinajstić information content (AvgIpc) is 2.47. The summed E-state index contributed by atoms with van der Waals surface area (Å²) in [6.07, 6.45) is 0. The number of carbonyl (C=O) groups excluding carboxylic acids is 1. The summed E-state index contributed by atoms with van der Waals surface area (Å²) in [4.78, 5) is 22.4. The first-order valence-electron chi connectivity index (χ1n) is 6.40. The number of carboxylic acids is 1. The molecule has 1 aromatic carbocycles. The molecule has 0 radical (unpaired) electrons. The number of rotatable bonds is 8. The highest BCUT2D eigenvalue weighted by molar-refractivity contribution is 7.89. The molecule has 122 valence electrons. The molecule has 3 N–H and O–H groups in total. The second-order valence-electron chi connectivity index (χ2n) is 4.46. The van der Waals surface area contributed by atoms with Gasteiger partial charge in [0.25, 0.3) is 5.91 Å². The van der Waals surface area contributed by atoms with E-state index in [4.69, 9.17) is 9.84 Å². The van der Waals surface area contributed by atoms with E-state index in [1.165, 1.54) is 38.3 Å². The third-order valence-corrected chi connectivity index (χ3v) is 4.24. The standard InChI is InChI=1S/C13H18N2O6S/c1-9(13(17)18)15-22(19,20)11-5-3-4-10(8-11)12(16)14-6-7-21-2/h3-5,8-9,15H,6-7H2,1-2H3,(H,14,16)(H,17,18)/t9-/m0/s1. The lowest BCUT2D eigenvalue weighted by Crippen LogP contribution is -2.38. The highest BCUT2D eigenvalue weighted by Gasteiger charge is 2.22. The zero-order valence-electron chi connectivity index (χ0n) is 12.2. The highest BCUT2D eigenvalue weighted by Crippen LogP contribution is 2.12. The number of benzene rings is 1. The van der Waals surface area contributed by atoms with Gasteiger partial charge in [0.05, 0.1) is 11.5 Å². The fourth-order valence-corrected chi connectivity index (χ4v) is 2.77. The predicted molar refractivity (Wildman–Crippen MR) is 78.1 cm³/mol. The highest BCUT2D eigenvalue weighted by atomic mass is 32.2. The number of hydrogen-bond donors (Lipinski definition) is 3. The maximum Gasteiger partial charge on any atom is 0.321 e. The minimum absolute atomic E-state index is 0.155.